The van der Waals surface area contributed by atoms with Crippen LogP contribution in [0.3, 0.4) is 0 Å². The van der Waals surface area contributed by atoms with Crippen LogP contribution in [0.5, 0.6) is 0 Å². The Balaban J connectivity index is 2.69. The van der Waals surface area contributed by atoms with Crippen LogP contribution < -0.4 is 0 Å². The zero-order valence-corrected chi connectivity index (χ0v) is 10.6. The van der Waals surface area contributed by atoms with E-state index in [0.717, 1.165) is 5.56 Å². The van der Waals surface area contributed by atoms with Crippen LogP contribution in [-0.2, 0) is 15.9 Å². The second-order valence-corrected chi connectivity index (χ2v) is 4.17. The highest BCUT2D eigenvalue weighted by Crippen LogP contribution is 2.23. The molecule has 16 heavy (non-hydrogen) atoms. The van der Waals surface area contributed by atoms with Crippen molar-refractivity contribution in [2.75, 3.05) is 14.2 Å². The molecule has 0 amide bonds. The summed E-state index contributed by atoms with van der Waals surface area (Å²) in [6.45, 7) is 0. The summed E-state index contributed by atoms with van der Waals surface area (Å²) in [4.78, 5) is 0. The maximum atomic E-state index is 9.80. The summed E-state index contributed by atoms with van der Waals surface area (Å²) in [5.74, 6) is 0. The van der Waals surface area contributed by atoms with E-state index in [4.69, 9.17) is 32.7 Å². The Kier molecular flexibility index (Phi) is 5.52. The van der Waals surface area contributed by atoms with E-state index in [1.165, 1.54) is 14.2 Å². The summed E-state index contributed by atoms with van der Waals surface area (Å²) in [7, 11) is 2.96. The smallest absolute Gasteiger partial charge is 0.183 e. The Bertz CT molecular complexity index is 340. The molecule has 0 spiro atoms. The van der Waals surface area contributed by atoms with Crippen molar-refractivity contribution in [2.24, 2.45) is 0 Å². The fraction of sp³-hybridized carbons (Fsp3) is 0.455. The molecule has 1 aromatic carbocycles. The van der Waals surface area contributed by atoms with E-state index in [1.54, 1.807) is 18.2 Å². The van der Waals surface area contributed by atoms with Gasteiger partial charge in [-0.15, -0.1) is 0 Å². The van der Waals surface area contributed by atoms with Crippen LogP contribution in [0.4, 0.5) is 0 Å². The standard InChI is InChI=1S/C11H14Cl2O3/c1-15-11(16-2)10(14)6-7-3-4-8(12)9(13)5-7/h3-5,10-11,14H,6H2,1-2H3. The second kappa shape index (κ2) is 6.42. The van der Waals surface area contributed by atoms with Gasteiger partial charge in [0, 0.05) is 20.6 Å². The van der Waals surface area contributed by atoms with Gasteiger partial charge in [0.2, 0.25) is 0 Å². The van der Waals surface area contributed by atoms with Crippen molar-refractivity contribution in [3.05, 3.63) is 33.8 Å². The molecule has 0 saturated carbocycles. The average molecular weight is 265 g/mol. The maximum Gasteiger partial charge on any atom is 0.183 e. The number of hydrogen-bond acceptors (Lipinski definition) is 3. The fourth-order valence-electron chi connectivity index (χ4n) is 1.41. The van der Waals surface area contributed by atoms with Gasteiger partial charge in [-0.3, -0.25) is 0 Å². The molecule has 1 N–H and O–H groups in total. The molecule has 0 aliphatic carbocycles. The van der Waals surface area contributed by atoms with Gasteiger partial charge >= 0.3 is 0 Å². The summed E-state index contributed by atoms with van der Waals surface area (Å²) in [6, 6.07) is 5.22. The van der Waals surface area contributed by atoms with Crippen molar-refractivity contribution in [1.29, 1.82) is 0 Å². The first kappa shape index (κ1) is 13.7. The van der Waals surface area contributed by atoms with E-state index in [2.05, 4.69) is 0 Å². The van der Waals surface area contributed by atoms with E-state index in [-0.39, 0.29) is 0 Å². The molecule has 90 valence electrons. The van der Waals surface area contributed by atoms with E-state index in [1.807, 2.05) is 0 Å². The second-order valence-electron chi connectivity index (χ2n) is 3.36. The predicted octanol–water partition coefficient (Wildman–Crippen LogP) is 2.52. The van der Waals surface area contributed by atoms with Gasteiger partial charge in [0.15, 0.2) is 6.29 Å². The molecule has 1 aromatic rings. The molecule has 5 heteroatoms. The van der Waals surface area contributed by atoms with Crippen LogP contribution in [0.15, 0.2) is 18.2 Å². The molecule has 0 aliphatic heterocycles. The van der Waals surface area contributed by atoms with Gasteiger partial charge in [0.05, 0.1) is 10.0 Å². The van der Waals surface area contributed by atoms with Crippen molar-refractivity contribution in [2.45, 2.75) is 18.8 Å². The van der Waals surface area contributed by atoms with Crippen molar-refractivity contribution in [3.8, 4) is 0 Å². The highest BCUT2D eigenvalue weighted by molar-refractivity contribution is 6.42. The predicted molar refractivity (Wildman–Crippen MR) is 64.0 cm³/mol. The van der Waals surface area contributed by atoms with Crippen molar-refractivity contribution in [3.63, 3.8) is 0 Å². The van der Waals surface area contributed by atoms with Crippen LogP contribution in [0.1, 0.15) is 5.56 Å². The molecule has 3 nitrogen and oxygen atoms in total. The topological polar surface area (TPSA) is 38.7 Å². The molecule has 1 atom stereocenters. The molecule has 1 unspecified atom stereocenters. The molecular formula is C11H14Cl2O3. The lowest BCUT2D eigenvalue weighted by molar-refractivity contribution is -0.163. The van der Waals surface area contributed by atoms with Crippen LogP contribution >= 0.6 is 23.2 Å². The monoisotopic (exact) mass is 264 g/mol. The van der Waals surface area contributed by atoms with Gasteiger partial charge in [-0.05, 0) is 17.7 Å². The zero-order valence-electron chi connectivity index (χ0n) is 9.11. The number of rotatable bonds is 5. The number of halogens is 2. The summed E-state index contributed by atoms with van der Waals surface area (Å²) in [5, 5.41) is 10.8. The first-order chi connectivity index (χ1) is 7.58. The molecule has 0 bridgehead atoms. The third kappa shape index (κ3) is 3.61. The van der Waals surface area contributed by atoms with E-state index >= 15 is 0 Å². The number of methoxy groups -OCH3 is 2. The molecule has 0 radical (unpaired) electrons. The van der Waals surface area contributed by atoms with Gasteiger partial charge in [-0.1, -0.05) is 29.3 Å². The fourth-order valence-corrected chi connectivity index (χ4v) is 1.74. The minimum absolute atomic E-state index is 0.392. The summed E-state index contributed by atoms with van der Waals surface area (Å²) in [6.07, 6.45) is -0.995. The van der Waals surface area contributed by atoms with E-state index in [0.29, 0.717) is 16.5 Å². The highest BCUT2D eigenvalue weighted by atomic mass is 35.5. The summed E-state index contributed by atoms with van der Waals surface area (Å²) < 4.78 is 9.91. The lowest BCUT2D eigenvalue weighted by Gasteiger charge is -2.20. The number of hydrogen-bond donors (Lipinski definition) is 1. The Labute approximate surface area is 105 Å². The van der Waals surface area contributed by atoms with Crippen molar-refractivity contribution >= 4 is 23.2 Å². The highest BCUT2D eigenvalue weighted by Gasteiger charge is 2.18. The molecule has 0 aromatic heterocycles. The number of ether oxygens (including phenoxy) is 2. The number of aliphatic hydroxyl groups excluding tert-OH is 1. The SMILES string of the molecule is COC(OC)C(O)Cc1ccc(Cl)c(Cl)c1. The minimum atomic E-state index is -0.743. The van der Waals surface area contributed by atoms with Gasteiger partial charge in [0.25, 0.3) is 0 Å². The quantitative estimate of drug-likeness (QED) is 0.831. The average Bonchev–Trinajstić information content (AvgIpc) is 2.25. The normalized spacial score (nSPS) is 13.1. The number of benzene rings is 1. The Morgan fingerprint density at radius 3 is 2.31 bits per heavy atom. The molecule has 0 heterocycles. The first-order valence-corrected chi connectivity index (χ1v) is 5.51. The van der Waals surface area contributed by atoms with Gasteiger partial charge in [-0.2, -0.15) is 0 Å². The van der Waals surface area contributed by atoms with Gasteiger partial charge in [-0.25, -0.2) is 0 Å². The van der Waals surface area contributed by atoms with Crippen LogP contribution in [-0.4, -0.2) is 31.7 Å². The van der Waals surface area contributed by atoms with Crippen LogP contribution in [0.25, 0.3) is 0 Å². The van der Waals surface area contributed by atoms with Crippen LogP contribution in [0, 0.1) is 0 Å². The van der Waals surface area contributed by atoms with E-state index in [9.17, 15) is 5.11 Å². The lowest BCUT2D eigenvalue weighted by Crippen LogP contribution is -2.31. The summed E-state index contributed by atoms with van der Waals surface area (Å²) in [5.41, 5.74) is 0.876. The zero-order chi connectivity index (χ0) is 12.1. The molecule has 0 aliphatic rings. The molecular weight excluding hydrogens is 251 g/mol. The van der Waals surface area contributed by atoms with Crippen molar-refractivity contribution < 1.29 is 14.6 Å². The molecule has 0 fully saturated rings. The van der Waals surface area contributed by atoms with Crippen molar-refractivity contribution in [1.82, 2.24) is 0 Å². The largest absolute Gasteiger partial charge is 0.387 e. The Morgan fingerprint density at radius 2 is 1.81 bits per heavy atom. The third-order valence-corrected chi connectivity index (χ3v) is 2.95. The van der Waals surface area contributed by atoms with E-state index < -0.39 is 12.4 Å². The third-order valence-electron chi connectivity index (χ3n) is 2.21. The Morgan fingerprint density at radius 1 is 1.19 bits per heavy atom. The Hall–Kier alpha value is -0.320. The first-order valence-electron chi connectivity index (χ1n) is 4.76. The van der Waals surface area contributed by atoms with Crippen LogP contribution in [0.2, 0.25) is 10.0 Å². The molecule has 1 rings (SSSR count). The summed E-state index contributed by atoms with van der Waals surface area (Å²) >= 11 is 11.7. The van der Waals surface area contributed by atoms with Gasteiger partial charge < -0.3 is 14.6 Å². The lowest BCUT2D eigenvalue weighted by atomic mass is 10.1. The molecule has 0 saturated heterocycles. The maximum absolute atomic E-state index is 9.80. The van der Waals surface area contributed by atoms with Gasteiger partial charge in [0.1, 0.15) is 6.10 Å². The number of aliphatic hydroxyl groups is 1. The minimum Gasteiger partial charge on any atom is -0.387 e.